The summed E-state index contributed by atoms with van der Waals surface area (Å²) >= 11 is 0. The van der Waals surface area contributed by atoms with E-state index in [9.17, 15) is 19.7 Å². The molecule has 0 radical (unpaired) electrons. The van der Waals surface area contributed by atoms with E-state index in [0.29, 0.717) is 0 Å². The molecule has 2 aromatic rings. The molecule has 1 unspecified atom stereocenters. The molecule has 2 heterocycles. The average molecular weight is 397 g/mol. The highest BCUT2D eigenvalue weighted by molar-refractivity contribution is 6.01. The third-order valence-corrected chi connectivity index (χ3v) is 5.11. The van der Waals surface area contributed by atoms with Gasteiger partial charge in [-0.25, -0.2) is 4.39 Å². The third-order valence-electron chi connectivity index (χ3n) is 5.11. The number of anilines is 1. The molecule has 0 saturated heterocycles. The molecule has 0 N–H and O–H groups in total. The normalized spacial score (nSPS) is 21.0. The Hall–Kier alpha value is -3.75. The zero-order valence-corrected chi connectivity index (χ0v) is 15.6. The van der Waals surface area contributed by atoms with Gasteiger partial charge < -0.3 is 9.64 Å². The summed E-state index contributed by atoms with van der Waals surface area (Å²) in [5.41, 5.74) is -1.75. The van der Waals surface area contributed by atoms with Crippen LogP contribution in [-0.4, -0.2) is 35.2 Å². The molecule has 2 aliphatic rings. The van der Waals surface area contributed by atoms with Gasteiger partial charge in [0.05, 0.1) is 21.7 Å². The molecule has 29 heavy (non-hydrogen) atoms. The van der Waals surface area contributed by atoms with Crippen LogP contribution in [-0.2, 0) is 20.1 Å². The number of fused-ring (bicyclic) bond motifs is 3. The second kappa shape index (κ2) is 6.40. The number of hydrogen-bond donors (Lipinski definition) is 0. The van der Waals surface area contributed by atoms with Crippen molar-refractivity contribution in [1.29, 1.82) is 0 Å². The Bertz CT molecular complexity index is 1100. The van der Waals surface area contributed by atoms with E-state index < -0.39 is 34.8 Å². The zero-order valence-electron chi connectivity index (χ0n) is 15.6. The molecule has 0 fully saturated rings. The first-order valence-electron chi connectivity index (χ1n) is 8.75. The summed E-state index contributed by atoms with van der Waals surface area (Å²) in [7, 11) is 1.49. The Morgan fingerprint density at radius 2 is 1.90 bits per heavy atom. The molecule has 2 aromatic carbocycles. The van der Waals surface area contributed by atoms with Crippen molar-refractivity contribution in [2.75, 3.05) is 18.5 Å². The smallest absolute Gasteiger partial charge is 0.270 e. The Balaban J connectivity index is 2.15. The molecule has 0 bridgehead atoms. The Morgan fingerprint density at radius 1 is 1.17 bits per heavy atom. The van der Waals surface area contributed by atoms with E-state index in [1.54, 1.807) is 6.07 Å². The van der Waals surface area contributed by atoms with Crippen molar-refractivity contribution in [3.8, 4) is 0 Å². The van der Waals surface area contributed by atoms with Crippen LogP contribution in [0.5, 0.6) is 0 Å². The molecule has 0 saturated carbocycles. The summed E-state index contributed by atoms with van der Waals surface area (Å²) in [6.45, 7) is 1.14. The van der Waals surface area contributed by atoms with Crippen LogP contribution in [0.3, 0.4) is 0 Å². The highest BCUT2D eigenvalue weighted by atomic mass is 19.1. The molecule has 148 valence electrons. The number of hydrogen-bond acceptors (Lipinski definition) is 5. The van der Waals surface area contributed by atoms with Gasteiger partial charge in [0.2, 0.25) is 11.6 Å². The van der Waals surface area contributed by atoms with Gasteiger partial charge in [0.1, 0.15) is 18.1 Å². The van der Waals surface area contributed by atoms with Crippen molar-refractivity contribution in [2.24, 2.45) is 0 Å². The topological polar surface area (TPSA) is 93.0 Å². The number of rotatable bonds is 2. The summed E-state index contributed by atoms with van der Waals surface area (Å²) in [6.07, 6.45) is 1.20. The summed E-state index contributed by atoms with van der Waals surface area (Å²) in [5.74, 6) is -1.47. The number of nitro benzene ring substituents is 1. The third kappa shape index (κ3) is 2.65. The summed E-state index contributed by atoms with van der Waals surface area (Å²) in [5, 5.41) is 11.4. The number of non-ortho nitro benzene ring substituents is 1. The number of amides is 2. The molecule has 1 atom stereocenters. The van der Waals surface area contributed by atoms with Crippen molar-refractivity contribution in [1.82, 2.24) is 4.90 Å². The fourth-order valence-corrected chi connectivity index (χ4v) is 3.77. The molecule has 9 heteroatoms. The number of carbonyl (C=O) groups is 2. The molecule has 0 spiro atoms. The monoisotopic (exact) mass is 397 g/mol. The van der Waals surface area contributed by atoms with Crippen molar-refractivity contribution < 1.29 is 23.6 Å². The van der Waals surface area contributed by atoms with Gasteiger partial charge in [-0.3, -0.25) is 24.6 Å². The van der Waals surface area contributed by atoms with Gasteiger partial charge in [0.15, 0.2) is 0 Å². The van der Waals surface area contributed by atoms with Crippen LogP contribution in [0.15, 0.2) is 54.3 Å². The van der Waals surface area contributed by atoms with Crippen LogP contribution < -0.4 is 4.90 Å². The maximum atomic E-state index is 15.0. The Kier molecular flexibility index (Phi) is 4.11. The molecule has 2 aliphatic heterocycles. The van der Waals surface area contributed by atoms with E-state index in [1.807, 2.05) is 0 Å². The lowest BCUT2D eigenvalue weighted by molar-refractivity contribution is -0.385. The predicted molar refractivity (Wildman–Crippen MR) is 100 cm³/mol. The van der Waals surface area contributed by atoms with Crippen LogP contribution in [0.4, 0.5) is 15.8 Å². The largest absolute Gasteiger partial charge is 0.464 e. The summed E-state index contributed by atoms with van der Waals surface area (Å²) in [6, 6.07) is 9.56. The summed E-state index contributed by atoms with van der Waals surface area (Å²) < 4.78 is 21.1. The number of halogens is 1. The summed E-state index contributed by atoms with van der Waals surface area (Å²) in [4.78, 5) is 38.9. The second-order valence-electron chi connectivity index (χ2n) is 6.82. The van der Waals surface area contributed by atoms with Crippen molar-refractivity contribution in [3.63, 3.8) is 0 Å². The van der Waals surface area contributed by atoms with E-state index >= 15 is 4.39 Å². The highest BCUT2D eigenvalue weighted by Crippen LogP contribution is 2.48. The van der Waals surface area contributed by atoms with E-state index in [1.165, 1.54) is 61.3 Å². The van der Waals surface area contributed by atoms with E-state index in [-0.39, 0.29) is 28.3 Å². The van der Waals surface area contributed by atoms with Crippen LogP contribution in [0, 0.1) is 15.9 Å². The molecular weight excluding hydrogens is 381 g/mol. The van der Waals surface area contributed by atoms with Gasteiger partial charge >= 0.3 is 0 Å². The minimum Gasteiger partial charge on any atom is -0.464 e. The Morgan fingerprint density at radius 3 is 2.59 bits per heavy atom. The van der Waals surface area contributed by atoms with E-state index in [0.717, 1.165) is 4.90 Å². The Labute approximate surface area is 164 Å². The van der Waals surface area contributed by atoms with Crippen LogP contribution >= 0.6 is 0 Å². The molecule has 4 rings (SSSR count). The maximum Gasteiger partial charge on any atom is 0.270 e. The first-order valence-corrected chi connectivity index (χ1v) is 8.75. The molecular formula is C20H16FN3O5. The number of ether oxygens (including phenoxy) is 1. The van der Waals surface area contributed by atoms with Crippen molar-refractivity contribution in [3.05, 3.63) is 81.4 Å². The first kappa shape index (κ1) is 18.6. The number of likely N-dealkylation sites (N-methyl/N-ethyl adjacent to an activating group) is 1. The van der Waals surface area contributed by atoms with Gasteiger partial charge in [0.25, 0.3) is 11.6 Å². The minimum atomic E-state index is -1.87. The lowest BCUT2D eigenvalue weighted by atomic mass is 9.89. The predicted octanol–water partition coefficient (Wildman–Crippen LogP) is 2.67. The number of nitro groups is 1. The SMILES string of the molecule is CC1=CC(=O)N2CC(=O)N(C)c3ccc([N+](=O)[O-])cc3C2(c2ccccc2F)O1. The van der Waals surface area contributed by atoms with Crippen LogP contribution in [0.1, 0.15) is 18.1 Å². The van der Waals surface area contributed by atoms with Crippen molar-refractivity contribution >= 4 is 23.2 Å². The van der Waals surface area contributed by atoms with E-state index in [4.69, 9.17) is 4.74 Å². The fraction of sp³-hybridized carbons (Fsp3) is 0.200. The minimum absolute atomic E-state index is 0.0225. The van der Waals surface area contributed by atoms with Gasteiger partial charge in [-0.05, 0) is 25.1 Å². The second-order valence-corrected chi connectivity index (χ2v) is 6.82. The maximum absolute atomic E-state index is 15.0. The van der Waals surface area contributed by atoms with Gasteiger partial charge in [-0.2, -0.15) is 0 Å². The average Bonchev–Trinajstić information content (AvgIpc) is 2.77. The van der Waals surface area contributed by atoms with Crippen molar-refractivity contribution in [2.45, 2.75) is 12.6 Å². The lowest BCUT2D eigenvalue weighted by Gasteiger charge is -2.45. The van der Waals surface area contributed by atoms with E-state index in [2.05, 4.69) is 0 Å². The number of carbonyl (C=O) groups excluding carboxylic acids is 2. The first-order chi connectivity index (χ1) is 13.8. The molecule has 0 aromatic heterocycles. The fourth-order valence-electron chi connectivity index (χ4n) is 3.77. The number of allylic oxidation sites excluding steroid dienone is 1. The number of benzene rings is 2. The standard InChI is InChI=1S/C20H16FN3O5/c1-12-9-18(25)23-11-19(26)22(2)17-8-7-13(24(27)28)10-15(17)20(23,29-12)14-5-3-4-6-16(14)21/h3-10H,11H2,1-2H3. The van der Waals surface area contributed by atoms with Crippen LogP contribution in [0.2, 0.25) is 0 Å². The highest BCUT2D eigenvalue weighted by Gasteiger charge is 2.53. The van der Waals surface area contributed by atoms with Gasteiger partial charge in [0, 0.05) is 25.3 Å². The quantitative estimate of drug-likeness (QED) is 0.574. The van der Waals surface area contributed by atoms with Crippen LogP contribution in [0.25, 0.3) is 0 Å². The molecule has 0 aliphatic carbocycles. The zero-order chi connectivity index (χ0) is 20.9. The molecule has 8 nitrogen and oxygen atoms in total. The molecule has 2 amide bonds. The van der Waals surface area contributed by atoms with Gasteiger partial charge in [-0.1, -0.05) is 12.1 Å². The van der Waals surface area contributed by atoms with Gasteiger partial charge in [-0.15, -0.1) is 0 Å². The lowest BCUT2D eigenvalue weighted by Crippen LogP contribution is -2.55. The number of nitrogens with zero attached hydrogens (tertiary/aromatic N) is 3.